The zero-order chi connectivity index (χ0) is 18.2. The molecule has 0 aliphatic carbocycles. The first-order valence-electron chi connectivity index (χ1n) is 7.68. The van der Waals surface area contributed by atoms with Gasteiger partial charge in [-0.2, -0.15) is 0 Å². The predicted octanol–water partition coefficient (Wildman–Crippen LogP) is 3.60. The first-order chi connectivity index (χ1) is 11.9. The van der Waals surface area contributed by atoms with Crippen LogP contribution in [0.15, 0.2) is 53.6 Å². The third-order valence-electron chi connectivity index (χ3n) is 3.97. The van der Waals surface area contributed by atoms with E-state index in [0.29, 0.717) is 12.1 Å². The van der Waals surface area contributed by atoms with Crippen LogP contribution in [0.1, 0.15) is 5.56 Å². The number of benzene rings is 2. The van der Waals surface area contributed by atoms with Gasteiger partial charge in [-0.3, -0.25) is 0 Å². The third-order valence-corrected chi connectivity index (χ3v) is 6.16. The standard InChI is InChI=1S/C18H19ClN2O3S/c1-20(2)12-14-13-10-11-21(16(13)8-9-17(14)24-3)25(22,23)18-7-5-4-6-15(18)19/h4-11H,12H2,1-3H3. The molecule has 5 nitrogen and oxygen atoms in total. The summed E-state index contributed by atoms with van der Waals surface area (Å²) >= 11 is 6.11. The molecule has 3 aromatic rings. The minimum absolute atomic E-state index is 0.0825. The van der Waals surface area contributed by atoms with Crippen molar-refractivity contribution in [2.75, 3.05) is 21.2 Å². The highest BCUT2D eigenvalue weighted by atomic mass is 35.5. The number of nitrogens with zero attached hydrogens (tertiary/aromatic N) is 2. The second-order valence-corrected chi connectivity index (χ2v) is 8.15. The number of fused-ring (bicyclic) bond motifs is 1. The molecule has 0 aliphatic rings. The van der Waals surface area contributed by atoms with Crippen LogP contribution in [0.4, 0.5) is 0 Å². The maximum Gasteiger partial charge on any atom is 0.269 e. The lowest BCUT2D eigenvalue weighted by Crippen LogP contribution is -2.13. The molecule has 0 unspecified atom stereocenters. The van der Waals surface area contributed by atoms with Crippen LogP contribution < -0.4 is 4.74 Å². The Labute approximate surface area is 152 Å². The molecule has 1 heterocycles. The van der Waals surface area contributed by atoms with Crippen LogP contribution in [-0.4, -0.2) is 38.5 Å². The monoisotopic (exact) mass is 378 g/mol. The Hall–Kier alpha value is -2.02. The highest BCUT2D eigenvalue weighted by Gasteiger charge is 2.23. The highest BCUT2D eigenvalue weighted by Crippen LogP contribution is 2.32. The van der Waals surface area contributed by atoms with Crippen molar-refractivity contribution in [2.24, 2.45) is 0 Å². The molecular weight excluding hydrogens is 360 g/mol. The summed E-state index contributed by atoms with van der Waals surface area (Å²) in [6.07, 6.45) is 1.56. The normalized spacial score (nSPS) is 12.0. The van der Waals surface area contributed by atoms with Gasteiger partial charge in [-0.05, 0) is 44.4 Å². The Bertz CT molecular complexity index is 1030. The molecule has 132 valence electrons. The molecule has 3 rings (SSSR count). The van der Waals surface area contributed by atoms with Crippen molar-refractivity contribution in [2.45, 2.75) is 11.4 Å². The van der Waals surface area contributed by atoms with Crippen molar-refractivity contribution in [1.82, 2.24) is 8.87 Å². The van der Waals surface area contributed by atoms with E-state index in [4.69, 9.17) is 16.3 Å². The molecule has 0 fully saturated rings. The molecule has 25 heavy (non-hydrogen) atoms. The maximum atomic E-state index is 13.1. The number of hydrogen-bond acceptors (Lipinski definition) is 4. The molecule has 0 aliphatic heterocycles. The molecule has 2 aromatic carbocycles. The van der Waals surface area contributed by atoms with Gasteiger partial charge in [-0.15, -0.1) is 0 Å². The van der Waals surface area contributed by atoms with Gasteiger partial charge < -0.3 is 9.64 Å². The third kappa shape index (κ3) is 3.13. The number of aromatic nitrogens is 1. The van der Waals surface area contributed by atoms with Crippen LogP contribution in [0, 0.1) is 0 Å². The molecule has 0 atom stereocenters. The Balaban J connectivity index is 2.24. The van der Waals surface area contributed by atoms with Crippen LogP contribution in [0.5, 0.6) is 5.75 Å². The topological polar surface area (TPSA) is 51.5 Å². The van der Waals surface area contributed by atoms with E-state index < -0.39 is 10.0 Å². The van der Waals surface area contributed by atoms with E-state index in [1.165, 1.54) is 10.0 Å². The molecule has 7 heteroatoms. The summed E-state index contributed by atoms with van der Waals surface area (Å²) in [5.74, 6) is 0.731. The van der Waals surface area contributed by atoms with E-state index in [2.05, 4.69) is 0 Å². The van der Waals surface area contributed by atoms with Gasteiger partial charge in [0, 0.05) is 23.7 Å². The smallest absolute Gasteiger partial charge is 0.269 e. The van der Waals surface area contributed by atoms with E-state index in [-0.39, 0.29) is 9.92 Å². The van der Waals surface area contributed by atoms with E-state index in [9.17, 15) is 8.42 Å². The highest BCUT2D eigenvalue weighted by molar-refractivity contribution is 7.90. The molecular formula is C18H19ClN2O3S. The van der Waals surface area contributed by atoms with E-state index in [1.807, 2.05) is 19.0 Å². The summed E-state index contributed by atoms with van der Waals surface area (Å²) in [4.78, 5) is 2.09. The first kappa shape index (κ1) is 17.8. The Morgan fingerprint density at radius 3 is 2.48 bits per heavy atom. The summed E-state index contributed by atoms with van der Waals surface area (Å²) in [6, 6.07) is 11.8. The van der Waals surface area contributed by atoms with E-state index in [0.717, 1.165) is 16.7 Å². The zero-order valence-corrected chi connectivity index (χ0v) is 15.8. The molecule has 0 bridgehead atoms. The van der Waals surface area contributed by atoms with Crippen LogP contribution in [0.3, 0.4) is 0 Å². The second kappa shape index (κ2) is 6.71. The molecule has 0 radical (unpaired) electrons. The Morgan fingerprint density at radius 1 is 1.12 bits per heavy atom. The van der Waals surface area contributed by atoms with Gasteiger partial charge in [0.1, 0.15) is 10.6 Å². The fourth-order valence-electron chi connectivity index (χ4n) is 2.87. The molecule has 0 saturated carbocycles. The van der Waals surface area contributed by atoms with Crippen molar-refractivity contribution in [3.63, 3.8) is 0 Å². The maximum absolute atomic E-state index is 13.1. The van der Waals surface area contributed by atoms with Crippen molar-refractivity contribution < 1.29 is 13.2 Å². The van der Waals surface area contributed by atoms with Gasteiger partial charge in [0.05, 0.1) is 17.6 Å². The lowest BCUT2D eigenvalue weighted by molar-refractivity contribution is 0.374. The van der Waals surface area contributed by atoms with Gasteiger partial charge in [0.15, 0.2) is 0 Å². The second-order valence-electron chi connectivity index (χ2n) is 5.96. The van der Waals surface area contributed by atoms with Crippen LogP contribution in [0.25, 0.3) is 10.9 Å². The Morgan fingerprint density at radius 2 is 1.84 bits per heavy atom. The number of halogens is 1. The minimum Gasteiger partial charge on any atom is -0.496 e. The van der Waals surface area contributed by atoms with Crippen molar-refractivity contribution >= 4 is 32.5 Å². The molecule has 0 N–H and O–H groups in total. The first-order valence-corrected chi connectivity index (χ1v) is 9.50. The molecule has 0 saturated heterocycles. The number of ether oxygens (including phenoxy) is 1. The average Bonchev–Trinajstić information content (AvgIpc) is 3.00. The SMILES string of the molecule is COc1ccc2c(ccn2S(=O)(=O)c2ccccc2Cl)c1CN(C)C. The quantitative estimate of drug-likeness (QED) is 0.680. The van der Waals surface area contributed by atoms with Gasteiger partial charge in [-0.1, -0.05) is 23.7 Å². The van der Waals surface area contributed by atoms with Crippen molar-refractivity contribution in [3.05, 3.63) is 59.2 Å². The summed E-state index contributed by atoms with van der Waals surface area (Å²) in [6.45, 7) is 0.636. The number of hydrogen-bond donors (Lipinski definition) is 0. The fraction of sp³-hybridized carbons (Fsp3) is 0.222. The summed E-state index contributed by atoms with van der Waals surface area (Å²) < 4.78 is 32.8. The summed E-state index contributed by atoms with van der Waals surface area (Å²) in [7, 11) is 1.73. The molecule has 0 amide bonds. The van der Waals surface area contributed by atoms with Gasteiger partial charge in [-0.25, -0.2) is 12.4 Å². The molecule has 1 aromatic heterocycles. The number of methoxy groups -OCH3 is 1. The van der Waals surface area contributed by atoms with Crippen molar-refractivity contribution in [3.8, 4) is 5.75 Å². The summed E-state index contributed by atoms with van der Waals surface area (Å²) in [5.41, 5.74) is 1.54. The average molecular weight is 379 g/mol. The van der Waals surface area contributed by atoms with Crippen LogP contribution >= 0.6 is 11.6 Å². The fourth-order valence-corrected chi connectivity index (χ4v) is 4.72. The lowest BCUT2D eigenvalue weighted by atomic mass is 10.1. The zero-order valence-electron chi connectivity index (χ0n) is 14.2. The lowest BCUT2D eigenvalue weighted by Gasteiger charge is -2.15. The van der Waals surface area contributed by atoms with Gasteiger partial charge in [0.25, 0.3) is 10.0 Å². The largest absolute Gasteiger partial charge is 0.496 e. The van der Waals surface area contributed by atoms with Gasteiger partial charge in [0.2, 0.25) is 0 Å². The van der Waals surface area contributed by atoms with Crippen LogP contribution in [0.2, 0.25) is 5.02 Å². The Kier molecular flexibility index (Phi) is 4.77. The molecule has 0 spiro atoms. The van der Waals surface area contributed by atoms with Crippen LogP contribution in [-0.2, 0) is 16.6 Å². The number of rotatable bonds is 5. The predicted molar refractivity (Wildman–Crippen MR) is 99.9 cm³/mol. The summed E-state index contributed by atoms with van der Waals surface area (Å²) in [5, 5.41) is 1.04. The van der Waals surface area contributed by atoms with Gasteiger partial charge >= 0.3 is 0 Å². The van der Waals surface area contributed by atoms with Crippen molar-refractivity contribution in [1.29, 1.82) is 0 Å². The van der Waals surface area contributed by atoms with E-state index >= 15 is 0 Å². The van der Waals surface area contributed by atoms with E-state index in [1.54, 1.807) is 49.7 Å². The minimum atomic E-state index is -3.79.